The van der Waals surface area contributed by atoms with Crippen LogP contribution in [0.4, 0.5) is 0 Å². The van der Waals surface area contributed by atoms with Crippen LogP contribution in [-0.2, 0) is 13.1 Å². The Balaban J connectivity index is 1.52. The fourth-order valence-corrected chi connectivity index (χ4v) is 3.34. The molecule has 0 spiro atoms. The number of pyridine rings is 1. The molecule has 114 valence electrons. The molecule has 4 rings (SSSR count). The zero-order chi connectivity index (χ0) is 14.9. The van der Waals surface area contributed by atoms with Crippen molar-refractivity contribution in [2.45, 2.75) is 38.9 Å². The van der Waals surface area contributed by atoms with Crippen molar-refractivity contribution >= 4 is 5.65 Å². The highest BCUT2D eigenvalue weighted by molar-refractivity contribution is 5.47. The second kappa shape index (κ2) is 5.53. The van der Waals surface area contributed by atoms with Crippen LogP contribution >= 0.6 is 0 Å². The molecule has 6 heteroatoms. The quantitative estimate of drug-likeness (QED) is 0.738. The van der Waals surface area contributed by atoms with Gasteiger partial charge in [-0.1, -0.05) is 6.07 Å². The van der Waals surface area contributed by atoms with Crippen LogP contribution < -0.4 is 0 Å². The van der Waals surface area contributed by atoms with Gasteiger partial charge in [-0.15, -0.1) is 0 Å². The molecule has 0 aromatic carbocycles. The van der Waals surface area contributed by atoms with Gasteiger partial charge in [0, 0.05) is 25.0 Å². The van der Waals surface area contributed by atoms with Crippen LogP contribution in [0.15, 0.2) is 37.2 Å². The number of likely N-dealkylation sites (tertiary alicyclic amines) is 1. The molecular weight excluding hydrogens is 276 g/mol. The van der Waals surface area contributed by atoms with Crippen LogP contribution in [0.1, 0.15) is 24.1 Å². The maximum atomic E-state index is 4.79. The Hall–Kier alpha value is -2.21. The lowest BCUT2D eigenvalue weighted by atomic mass is 10.2. The standard InChI is InChI=1S/C16H20N6/c1-13-4-2-7-21-9-14(19-16(13)21)8-20-6-3-5-15(20)10-22-12-17-11-18-22/h2,4,7,9,11-12,15H,3,5-6,8,10H2,1H3/t15-/m0/s1. The van der Waals surface area contributed by atoms with E-state index < -0.39 is 0 Å². The lowest BCUT2D eigenvalue weighted by molar-refractivity contribution is 0.217. The van der Waals surface area contributed by atoms with E-state index in [1.165, 1.54) is 18.4 Å². The summed E-state index contributed by atoms with van der Waals surface area (Å²) in [6.45, 7) is 5.05. The van der Waals surface area contributed by atoms with E-state index in [1.807, 2.05) is 4.68 Å². The summed E-state index contributed by atoms with van der Waals surface area (Å²) in [6, 6.07) is 4.69. The first-order valence-electron chi connectivity index (χ1n) is 7.79. The van der Waals surface area contributed by atoms with E-state index in [9.17, 15) is 0 Å². The van der Waals surface area contributed by atoms with Gasteiger partial charge in [0.1, 0.15) is 18.3 Å². The minimum atomic E-state index is 0.521. The zero-order valence-electron chi connectivity index (χ0n) is 12.8. The molecule has 1 saturated heterocycles. The summed E-state index contributed by atoms with van der Waals surface area (Å²) in [6.07, 6.45) is 10.1. The van der Waals surface area contributed by atoms with Crippen LogP contribution in [0, 0.1) is 6.92 Å². The number of hydrogen-bond donors (Lipinski definition) is 0. The largest absolute Gasteiger partial charge is 0.307 e. The van der Waals surface area contributed by atoms with Gasteiger partial charge in [0.2, 0.25) is 0 Å². The lowest BCUT2D eigenvalue weighted by Gasteiger charge is -2.23. The molecule has 22 heavy (non-hydrogen) atoms. The smallest absolute Gasteiger partial charge is 0.139 e. The molecule has 4 heterocycles. The molecule has 0 radical (unpaired) electrons. The summed E-state index contributed by atoms with van der Waals surface area (Å²) in [5.41, 5.74) is 3.42. The molecule has 0 N–H and O–H groups in total. The van der Waals surface area contributed by atoms with Crippen LogP contribution in [0.5, 0.6) is 0 Å². The fourth-order valence-electron chi connectivity index (χ4n) is 3.34. The third-order valence-electron chi connectivity index (χ3n) is 4.46. The van der Waals surface area contributed by atoms with Crippen molar-refractivity contribution in [3.63, 3.8) is 0 Å². The maximum Gasteiger partial charge on any atom is 0.139 e. The van der Waals surface area contributed by atoms with Gasteiger partial charge in [-0.05, 0) is 37.9 Å². The topological polar surface area (TPSA) is 51.2 Å². The minimum Gasteiger partial charge on any atom is -0.307 e. The number of fused-ring (bicyclic) bond motifs is 1. The van der Waals surface area contributed by atoms with E-state index in [2.05, 4.69) is 50.8 Å². The molecule has 1 aliphatic heterocycles. The Morgan fingerprint density at radius 2 is 2.32 bits per heavy atom. The van der Waals surface area contributed by atoms with Gasteiger partial charge in [-0.25, -0.2) is 9.97 Å². The molecule has 0 saturated carbocycles. The Labute approximate surface area is 129 Å². The molecule has 3 aromatic rings. The fraction of sp³-hybridized carbons (Fsp3) is 0.438. The van der Waals surface area contributed by atoms with E-state index >= 15 is 0 Å². The van der Waals surface area contributed by atoms with Crippen LogP contribution in [0.3, 0.4) is 0 Å². The first kappa shape index (κ1) is 13.5. The summed E-state index contributed by atoms with van der Waals surface area (Å²) < 4.78 is 4.05. The summed E-state index contributed by atoms with van der Waals surface area (Å²) in [5.74, 6) is 0. The van der Waals surface area contributed by atoms with Crippen LogP contribution in [0.2, 0.25) is 0 Å². The molecule has 0 bridgehead atoms. The van der Waals surface area contributed by atoms with Crippen molar-refractivity contribution in [3.05, 3.63) is 48.4 Å². The molecule has 0 aliphatic carbocycles. The first-order valence-corrected chi connectivity index (χ1v) is 7.79. The molecule has 1 atom stereocenters. The molecule has 0 amide bonds. The highest BCUT2D eigenvalue weighted by Gasteiger charge is 2.25. The van der Waals surface area contributed by atoms with Crippen molar-refractivity contribution in [1.29, 1.82) is 0 Å². The normalized spacial score (nSPS) is 19.2. The van der Waals surface area contributed by atoms with Crippen molar-refractivity contribution in [2.24, 2.45) is 0 Å². The van der Waals surface area contributed by atoms with Crippen LogP contribution in [0.25, 0.3) is 5.65 Å². The third kappa shape index (κ3) is 2.50. The van der Waals surface area contributed by atoms with Gasteiger partial charge in [0.25, 0.3) is 0 Å². The Bertz CT molecular complexity index is 760. The first-order chi connectivity index (χ1) is 10.8. The summed E-state index contributed by atoms with van der Waals surface area (Å²) in [5, 5.41) is 4.23. The van der Waals surface area contributed by atoms with Gasteiger partial charge in [0.15, 0.2) is 0 Å². The molecular formula is C16H20N6. The van der Waals surface area contributed by atoms with E-state index in [0.29, 0.717) is 6.04 Å². The number of aryl methyl sites for hydroxylation is 1. The molecule has 1 aliphatic rings. The number of hydrogen-bond acceptors (Lipinski definition) is 4. The second-order valence-corrected chi connectivity index (χ2v) is 6.04. The van der Waals surface area contributed by atoms with Crippen LogP contribution in [-0.4, -0.2) is 41.6 Å². The monoisotopic (exact) mass is 296 g/mol. The SMILES string of the molecule is Cc1cccn2cc(CN3CCC[C@H]3Cn3cncn3)nc12. The van der Waals surface area contributed by atoms with Gasteiger partial charge in [-0.3, -0.25) is 9.58 Å². The van der Waals surface area contributed by atoms with E-state index in [0.717, 1.165) is 31.0 Å². The Morgan fingerprint density at radius 3 is 3.14 bits per heavy atom. The number of imidazole rings is 1. The maximum absolute atomic E-state index is 4.79. The number of aromatic nitrogens is 5. The van der Waals surface area contributed by atoms with E-state index in [-0.39, 0.29) is 0 Å². The van der Waals surface area contributed by atoms with Gasteiger partial charge >= 0.3 is 0 Å². The predicted molar refractivity (Wildman–Crippen MR) is 83.4 cm³/mol. The molecule has 6 nitrogen and oxygen atoms in total. The number of rotatable bonds is 4. The molecule has 3 aromatic heterocycles. The second-order valence-electron chi connectivity index (χ2n) is 6.04. The summed E-state index contributed by atoms with van der Waals surface area (Å²) in [7, 11) is 0. The van der Waals surface area contributed by atoms with Gasteiger partial charge in [-0.2, -0.15) is 5.10 Å². The molecule has 0 unspecified atom stereocenters. The van der Waals surface area contributed by atoms with E-state index in [1.54, 1.807) is 12.7 Å². The van der Waals surface area contributed by atoms with Gasteiger partial charge < -0.3 is 4.40 Å². The highest BCUT2D eigenvalue weighted by atomic mass is 15.3. The predicted octanol–water partition coefficient (Wildman–Crippen LogP) is 1.90. The Kier molecular flexibility index (Phi) is 3.38. The highest BCUT2D eigenvalue weighted by Crippen LogP contribution is 2.21. The lowest BCUT2D eigenvalue weighted by Crippen LogP contribution is -2.32. The van der Waals surface area contributed by atoms with Crippen molar-refractivity contribution in [3.8, 4) is 0 Å². The minimum absolute atomic E-state index is 0.521. The third-order valence-corrected chi connectivity index (χ3v) is 4.46. The average molecular weight is 296 g/mol. The summed E-state index contributed by atoms with van der Waals surface area (Å²) >= 11 is 0. The zero-order valence-corrected chi connectivity index (χ0v) is 12.8. The van der Waals surface area contributed by atoms with Crippen molar-refractivity contribution in [1.82, 2.24) is 29.0 Å². The van der Waals surface area contributed by atoms with Crippen molar-refractivity contribution < 1.29 is 0 Å². The number of nitrogens with zero attached hydrogens (tertiary/aromatic N) is 6. The van der Waals surface area contributed by atoms with E-state index in [4.69, 9.17) is 4.98 Å². The average Bonchev–Trinajstić information content (AvgIpc) is 3.22. The Morgan fingerprint density at radius 1 is 1.36 bits per heavy atom. The van der Waals surface area contributed by atoms with Gasteiger partial charge in [0.05, 0.1) is 12.2 Å². The molecule has 1 fully saturated rings. The summed E-state index contributed by atoms with van der Waals surface area (Å²) in [4.78, 5) is 11.3. The van der Waals surface area contributed by atoms with Crippen molar-refractivity contribution in [2.75, 3.05) is 6.54 Å².